The maximum absolute atomic E-state index is 11.7. The van der Waals surface area contributed by atoms with E-state index in [2.05, 4.69) is 27.2 Å². The Balaban J connectivity index is 1.77. The summed E-state index contributed by atoms with van der Waals surface area (Å²) in [6, 6.07) is 0.891. The van der Waals surface area contributed by atoms with E-state index in [1.54, 1.807) is 0 Å². The standard InChI is InChI=1S/C14H26N4OS/c1-3-15-14(16-9-13(19)17-10-4-5-10)18-11-6-7-12(8-11)20-2/h10-12H,3-9H2,1-2H3,(H,17,19)(H2,15,16,18). The zero-order valence-corrected chi connectivity index (χ0v) is 13.3. The van der Waals surface area contributed by atoms with E-state index < -0.39 is 0 Å². The van der Waals surface area contributed by atoms with E-state index >= 15 is 0 Å². The zero-order valence-electron chi connectivity index (χ0n) is 12.4. The minimum Gasteiger partial charge on any atom is -0.357 e. The van der Waals surface area contributed by atoms with E-state index in [1.807, 2.05) is 18.7 Å². The predicted octanol–water partition coefficient (Wildman–Crippen LogP) is 1.10. The van der Waals surface area contributed by atoms with Gasteiger partial charge in [0.25, 0.3) is 0 Å². The van der Waals surface area contributed by atoms with E-state index in [4.69, 9.17) is 0 Å². The minimum absolute atomic E-state index is 0.0260. The summed E-state index contributed by atoms with van der Waals surface area (Å²) in [5.74, 6) is 0.795. The topological polar surface area (TPSA) is 65.5 Å². The first-order valence-corrected chi connectivity index (χ1v) is 8.87. The van der Waals surface area contributed by atoms with Crippen LogP contribution in [0.3, 0.4) is 0 Å². The summed E-state index contributed by atoms with van der Waals surface area (Å²) in [7, 11) is 0. The Kier molecular flexibility index (Phi) is 6.01. The second-order valence-corrected chi connectivity index (χ2v) is 6.69. The molecule has 2 atom stereocenters. The lowest BCUT2D eigenvalue weighted by molar-refractivity contribution is -0.119. The van der Waals surface area contributed by atoms with Gasteiger partial charge < -0.3 is 16.0 Å². The fourth-order valence-electron chi connectivity index (χ4n) is 2.45. The Morgan fingerprint density at radius 1 is 1.20 bits per heavy atom. The molecule has 2 saturated carbocycles. The molecule has 0 aromatic rings. The molecule has 0 bridgehead atoms. The Morgan fingerprint density at radius 3 is 2.55 bits per heavy atom. The maximum Gasteiger partial charge on any atom is 0.242 e. The highest BCUT2D eigenvalue weighted by Gasteiger charge is 2.25. The summed E-state index contributed by atoms with van der Waals surface area (Å²) < 4.78 is 0. The molecular weight excluding hydrogens is 272 g/mol. The molecule has 1 amide bonds. The average Bonchev–Trinajstić information content (AvgIpc) is 3.13. The normalized spacial score (nSPS) is 26.4. The van der Waals surface area contributed by atoms with Crippen LogP contribution in [-0.4, -0.2) is 48.5 Å². The first kappa shape index (κ1) is 15.5. The van der Waals surface area contributed by atoms with Gasteiger partial charge in [0.05, 0.1) is 0 Å². The van der Waals surface area contributed by atoms with Gasteiger partial charge in [0, 0.05) is 23.9 Å². The smallest absolute Gasteiger partial charge is 0.242 e. The second-order valence-electron chi connectivity index (χ2n) is 5.55. The molecule has 0 spiro atoms. The Morgan fingerprint density at radius 2 is 1.95 bits per heavy atom. The van der Waals surface area contributed by atoms with Crippen molar-refractivity contribution >= 4 is 23.6 Å². The first-order valence-electron chi connectivity index (χ1n) is 7.58. The largest absolute Gasteiger partial charge is 0.357 e. The zero-order chi connectivity index (χ0) is 14.4. The highest BCUT2D eigenvalue weighted by molar-refractivity contribution is 7.99. The summed E-state index contributed by atoms with van der Waals surface area (Å²) in [5.41, 5.74) is 0. The lowest BCUT2D eigenvalue weighted by Gasteiger charge is -2.17. The van der Waals surface area contributed by atoms with Gasteiger partial charge in [-0.2, -0.15) is 11.8 Å². The summed E-state index contributed by atoms with van der Waals surface area (Å²) in [4.78, 5) is 16.0. The molecule has 2 fully saturated rings. The summed E-state index contributed by atoms with van der Waals surface area (Å²) in [6.45, 7) is 3.07. The van der Waals surface area contributed by atoms with Crippen molar-refractivity contribution in [2.24, 2.45) is 4.99 Å². The van der Waals surface area contributed by atoms with Crippen molar-refractivity contribution in [3.63, 3.8) is 0 Å². The van der Waals surface area contributed by atoms with Crippen LogP contribution in [0, 0.1) is 0 Å². The van der Waals surface area contributed by atoms with Gasteiger partial charge in [-0.3, -0.25) is 4.79 Å². The lowest BCUT2D eigenvalue weighted by Crippen LogP contribution is -2.43. The van der Waals surface area contributed by atoms with Crippen molar-refractivity contribution in [1.29, 1.82) is 0 Å². The fraction of sp³-hybridized carbons (Fsp3) is 0.857. The molecule has 114 valence electrons. The van der Waals surface area contributed by atoms with Crippen molar-refractivity contribution in [2.75, 3.05) is 19.3 Å². The van der Waals surface area contributed by atoms with Crippen LogP contribution in [0.1, 0.15) is 39.0 Å². The molecule has 0 aromatic heterocycles. The van der Waals surface area contributed by atoms with Crippen molar-refractivity contribution in [3.8, 4) is 0 Å². The van der Waals surface area contributed by atoms with Gasteiger partial charge >= 0.3 is 0 Å². The van der Waals surface area contributed by atoms with Crippen LogP contribution in [0.5, 0.6) is 0 Å². The van der Waals surface area contributed by atoms with E-state index in [0.717, 1.165) is 30.6 Å². The number of amides is 1. The fourth-order valence-corrected chi connectivity index (χ4v) is 3.25. The number of hydrogen-bond donors (Lipinski definition) is 3. The molecule has 2 rings (SSSR count). The monoisotopic (exact) mass is 298 g/mol. The van der Waals surface area contributed by atoms with Crippen molar-refractivity contribution in [3.05, 3.63) is 0 Å². The number of carbonyl (C=O) groups excluding carboxylic acids is 1. The van der Waals surface area contributed by atoms with Gasteiger partial charge in [-0.15, -0.1) is 0 Å². The molecule has 0 radical (unpaired) electrons. The van der Waals surface area contributed by atoms with Crippen LogP contribution in [-0.2, 0) is 4.79 Å². The number of thioether (sulfide) groups is 1. The number of nitrogens with zero attached hydrogens (tertiary/aromatic N) is 1. The molecule has 5 nitrogen and oxygen atoms in total. The van der Waals surface area contributed by atoms with Crippen LogP contribution in [0.4, 0.5) is 0 Å². The third kappa shape index (κ3) is 5.23. The van der Waals surface area contributed by atoms with Crippen LogP contribution in [0.25, 0.3) is 0 Å². The molecule has 20 heavy (non-hydrogen) atoms. The molecule has 3 N–H and O–H groups in total. The molecule has 2 unspecified atom stereocenters. The highest BCUT2D eigenvalue weighted by Crippen LogP contribution is 2.27. The van der Waals surface area contributed by atoms with E-state index in [0.29, 0.717) is 12.1 Å². The highest BCUT2D eigenvalue weighted by atomic mass is 32.2. The molecule has 0 aliphatic heterocycles. The second kappa shape index (κ2) is 7.76. The van der Waals surface area contributed by atoms with Crippen molar-refractivity contribution in [2.45, 2.75) is 56.4 Å². The van der Waals surface area contributed by atoms with E-state index in [-0.39, 0.29) is 12.5 Å². The Labute approximate surface area is 125 Å². The van der Waals surface area contributed by atoms with E-state index in [1.165, 1.54) is 19.3 Å². The maximum atomic E-state index is 11.7. The summed E-state index contributed by atoms with van der Waals surface area (Å²) in [6.07, 6.45) is 8.04. The molecule has 2 aliphatic carbocycles. The average molecular weight is 298 g/mol. The number of carbonyl (C=O) groups is 1. The number of nitrogens with one attached hydrogen (secondary N) is 3. The Bertz CT molecular complexity index is 357. The van der Waals surface area contributed by atoms with Crippen LogP contribution in [0.15, 0.2) is 4.99 Å². The summed E-state index contributed by atoms with van der Waals surface area (Å²) in [5, 5.41) is 10.4. The number of aliphatic imine (C=N–C) groups is 1. The molecule has 0 heterocycles. The Hall–Kier alpha value is -0.910. The molecule has 0 saturated heterocycles. The van der Waals surface area contributed by atoms with Gasteiger partial charge in [-0.1, -0.05) is 0 Å². The van der Waals surface area contributed by atoms with Crippen LogP contribution < -0.4 is 16.0 Å². The van der Waals surface area contributed by atoms with E-state index in [9.17, 15) is 4.79 Å². The first-order chi connectivity index (χ1) is 9.71. The third-order valence-electron chi connectivity index (χ3n) is 3.73. The number of hydrogen-bond acceptors (Lipinski definition) is 3. The number of guanidine groups is 1. The van der Waals surface area contributed by atoms with Gasteiger partial charge in [-0.25, -0.2) is 4.99 Å². The quantitative estimate of drug-likeness (QED) is 0.507. The minimum atomic E-state index is 0.0260. The van der Waals surface area contributed by atoms with Crippen LogP contribution >= 0.6 is 11.8 Å². The van der Waals surface area contributed by atoms with Gasteiger partial charge in [0.1, 0.15) is 6.54 Å². The molecule has 2 aliphatic rings. The molecule has 0 aromatic carbocycles. The lowest BCUT2D eigenvalue weighted by atomic mass is 10.2. The summed E-state index contributed by atoms with van der Waals surface area (Å²) >= 11 is 1.94. The van der Waals surface area contributed by atoms with Crippen LogP contribution in [0.2, 0.25) is 0 Å². The van der Waals surface area contributed by atoms with Gasteiger partial charge in [0.2, 0.25) is 5.91 Å². The SMILES string of the molecule is CCNC(=NCC(=O)NC1CC1)NC1CCC(SC)C1. The molecule has 6 heteroatoms. The molecular formula is C14H26N4OS. The predicted molar refractivity (Wildman–Crippen MR) is 85.2 cm³/mol. The van der Waals surface area contributed by atoms with Gasteiger partial charge in [0.15, 0.2) is 5.96 Å². The van der Waals surface area contributed by atoms with Crippen molar-refractivity contribution in [1.82, 2.24) is 16.0 Å². The van der Waals surface area contributed by atoms with Crippen molar-refractivity contribution < 1.29 is 4.79 Å². The van der Waals surface area contributed by atoms with Gasteiger partial charge in [-0.05, 0) is 45.3 Å². The number of rotatable bonds is 6. The third-order valence-corrected chi connectivity index (χ3v) is 4.82.